The third kappa shape index (κ3) is 2.68. The lowest BCUT2D eigenvalue weighted by Crippen LogP contribution is -2.25. The summed E-state index contributed by atoms with van der Waals surface area (Å²) in [4.78, 5) is 10.2. The van der Waals surface area contributed by atoms with E-state index in [4.69, 9.17) is 11.0 Å². The van der Waals surface area contributed by atoms with Crippen LogP contribution < -0.4 is 11.1 Å². The summed E-state index contributed by atoms with van der Waals surface area (Å²) in [5, 5.41) is 22.4. The Hall–Kier alpha value is -2.13. The van der Waals surface area contributed by atoms with E-state index in [2.05, 4.69) is 5.32 Å². The molecule has 0 spiro atoms. The second-order valence-electron chi connectivity index (χ2n) is 3.38. The predicted octanol–water partition coefficient (Wildman–Crippen LogP) is 1.23. The summed E-state index contributed by atoms with van der Waals surface area (Å²) >= 11 is 0. The minimum Gasteiger partial charge on any atom is -0.376 e. The molecule has 6 nitrogen and oxygen atoms in total. The molecule has 0 bridgehead atoms. The van der Waals surface area contributed by atoms with Crippen LogP contribution in [-0.4, -0.2) is 17.5 Å². The number of nitrogens with zero attached hydrogens (tertiary/aromatic N) is 2. The van der Waals surface area contributed by atoms with Crippen molar-refractivity contribution in [1.82, 2.24) is 0 Å². The van der Waals surface area contributed by atoms with Crippen LogP contribution in [0.15, 0.2) is 18.2 Å². The van der Waals surface area contributed by atoms with Crippen LogP contribution in [0, 0.1) is 21.4 Å². The van der Waals surface area contributed by atoms with Gasteiger partial charge in [-0.05, 0) is 19.1 Å². The number of hydrogen-bond acceptors (Lipinski definition) is 5. The molecule has 1 aromatic carbocycles. The number of nitrogens with one attached hydrogen (secondary N) is 1. The molecule has 1 aromatic rings. The van der Waals surface area contributed by atoms with Gasteiger partial charge in [0.25, 0.3) is 5.69 Å². The maximum atomic E-state index is 10.7. The predicted molar refractivity (Wildman–Crippen MR) is 60.0 cm³/mol. The van der Waals surface area contributed by atoms with Crippen LogP contribution >= 0.6 is 0 Å². The molecule has 0 aliphatic carbocycles. The number of hydrogen-bond donors (Lipinski definition) is 2. The molecule has 1 rings (SSSR count). The highest BCUT2D eigenvalue weighted by Gasteiger charge is 2.15. The lowest BCUT2D eigenvalue weighted by atomic mass is 10.1. The number of nitro benzene ring substituents is 1. The van der Waals surface area contributed by atoms with Gasteiger partial charge in [-0.15, -0.1) is 0 Å². The Morgan fingerprint density at radius 2 is 2.38 bits per heavy atom. The molecule has 1 unspecified atom stereocenters. The van der Waals surface area contributed by atoms with Gasteiger partial charge in [0.1, 0.15) is 5.69 Å². The van der Waals surface area contributed by atoms with Crippen molar-refractivity contribution in [2.24, 2.45) is 5.73 Å². The molecule has 0 heterocycles. The van der Waals surface area contributed by atoms with E-state index in [-0.39, 0.29) is 11.7 Å². The van der Waals surface area contributed by atoms with Gasteiger partial charge >= 0.3 is 0 Å². The molecule has 6 heteroatoms. The first-order chi connectivity index (χ1) is 7.58. The zero-order chi connectivity index (χ0) is 12.1. The Kier molecular flexibility index (Phi) is 3.80. The summed E-state index contributed by atoms with van der Waals surface area (Å²) < 4.78 is 0. The lowest BCUT2D eigenvalue weighted by molar-refractivity contribution is -0.384. The van der Waals surface area contributed by atoms with Crippen molar-refractivity contribution < 1.29 is 4.92 Å². The van der Waals surface area contributed by atoms with Crippen molar-refractivity contribution in [3.8, 4) is 6.07 Å². The van der Waals surface area contributed by atoms with Crippen LogP contribution in [0.3, 0.4) is 0 Å². The minimum absolute atomic E-state index is 0.0562. The summed E-state index contributed by atoms with van der Waals surface area (Å²) in [6.45, 7) is 2.16. The van der Waals surface area contributed by atoms with E-state index in [1.54, 1.807) is 0 Å². The average Bonchev–Trinajstić information content (AvgIpc) is 2.28. The molecule has 0 radical (unpaired) electrons. The molecule has 1 atom stereocenters. The lowest BCUT2D eigenvalue weighted by Gasteiger charge is -2.12. The third-order valence-electron chi connectivity index (χ3n) is 2.08. The van der Waals surface area contributed by atoms with Gasteiger partial charge in [-0.3, -0.25) is 10.1 Å². The van der Waals surface area contributed by atoms with E-state index in [0.717, 1.165) is 0 Å². The maximum Gasteiger partial charge on any atom is 0.292 e. The third-order valence-corrected chi connectivity index (χ3v) is 2.08. The van der Waals surface area contributed by atoms with Gasteiger partial charge in [0.15, 0.2) is 0 Å². The molecular formula is C10H12N4O2. The quantitative estimate of drug-likeness (QED) is 0.586. The monoisotopic (exact) mass is 220 g/mol. The number of nitro groups is 1. The molecule has 0 aliphatic heterocycles. The van der Waals surface area contributed by atoms with Gasteiger partial charge in [0, 0.05) is 18.7 Å². The van der Waals surface area contributed by atoms with Crippen LogP contribution in [-0.2, 0) is 0 Å². The van der Waals surface area contributed by atoms with Crippen LogP contribution in [0.4, 0.5) is 11.4 Å². The molecule has 0 saturated heterocycles. The fraction of sp³-hybridized carbons (Fsp3) is 0.300. The SMILES string of the molecule is CC(CN)Nc1cc(C#N)ccc1[N+](=O)[O-]. The Morgan fingerprint density at radius 1 is 1.69 bits per heavy atom. The molecule has 0 amide bonds. The maximum absolute atomic E-state index is 10.7. The van der Waals surface area contributed by atoms with Crippen molar-refractivity contribution in [2.45, 2.75) is 13.0 Å². The Morgan fingerprint density at radius 3 is 2.88 bits per heavy atom. The zero-order valence-electron chi connectivity index (χ0n) is 8.80. The van der Waals surface area contributed by atoms with Crippen LogP contribution in [0.2, 0.25) is 0 Å². The Balaban J connectivity index is 3.11. The van der Waals surface area contributed by atoms with Gasteiger partial charge in [0.2, 0.25) is 0 Å². The van der Waals surface area contributed by atoms with Gasteiger partial charge in [0.05, 0.1) is 16.6 Å². The van der Waals surface area contributed by atoms with Gasteiger partial charge < -0.3 is 11.1 Å². The fourth-order valence-electron chi connectivity index (χ4n) is 1.20. The number of nitriles is 1. The zero-order valence-corrected chi connectivity index (χ0v) is 8.80. The second-order valence-corrected chi connectivity index (χ2v) is 3.38. The van der Waals surface area contributed by atoms with E-state index >= 15 is 0 Å². The molecule has 84 valence electrons. The summed E-state index contributed by atoms with van der Waals surface area (Å²) in [6, 6.07) is 6.01. The molecule has 0 aliphatic rings. The van der Waals surface area contributed by atoms with Crippen molar-refractivity contribution in [1.29, 1.82) is 5.26 Å². The molecule has 0 fully saturated rings. The largest absolute Gasteiger partial charge is 0.376 e. The van der Waals surface area contributed by atoms with Gasteiger partial charge in [-0.25, -0.2) is 0 Å². The van der Waals surface area contributed by atoms with Crippen molar-refractivity contribution in [3.05, 3.63) is 33.9 Å². The number of benzene rings is 1. The van der Waals surface area contributed by atoms with Gasteiger partial charge in [-0.1, -0.05) is 0 Å². The highest BCUT2D eigenvalue weighted by atomic mass is 16.6. The first kappa shape index (κ1) is 11.9. The van der Waals surface area contributed by atoms with E-state index in [0.29, 0.717) is 17.8 Å². The van der Waals surface area contributed by atoms with E-state index in [9.17, 15) is 10.1 Å². The smallest absolute Gasteiger partial charge is 0.292 e. The van der Waals surface area contributed by atoms with Crippen molar-refractivity contribution >= 4 is 11.4 Å². The van der Waals surface area contributed by atoms with Crippen LogP contribution in [0.1, 0.15) is 12.5 Å². The second kappa shape index (κ2) is 5.09. The summed E-state index contributed by atoms with van der Waals surface area (Å²) in [7, 11) is 0. The number of anilines is 1. The fourth-order valence-corrected chi connectivity index (χ4v) is 1.20. The molecule has 0 aromatic heterocycles. The van der Waals surface area contributed by atoms with Crippen molar-refractivity contribution in [3.63, 3.8) is 0 Å². The first-order valence-electron chi connectivity index (χ1n) is 4.73. The van der Waals surface area contributed by atoms with Crippen LogP contribution in [0.25, 0.3) is 0 Å². The molecule has 0 saturated carbocycles. The number of nitrogens with two attached hydrogens (primary N) is 1. The van der Waals surface area contributed by atoms with Gasteiger partial charge in [-0.2, -0.15) is 5.26 Å². The van der Waals surface area contributed by atoms with E-state index < -0.39 is 4.92 Å². The minimum atomic E-state index is -0.493. The Labute approximate surface area is 92.8 Å². The van der Waals surface area contributed by atoms with E-state index in [1.165, 1.54) is 18.2 Å². The first-order valence-corrected chi connectivity index (χ1v) is 4.73. The van der Waals surface area contributed by atoms with Crippen LogP contribution in [0.5, 0.6) is 0 Å². The Bertz CT molecular complexity index is 439. The summed E-state index contributed by atoms with van der Waals surface area (Å²) in [5.74, 6) is 0. The molecular weight excluding hydrogens is 208 g/mol. The highest BCUT2D eigenvalue weighted by molar-refractivity contribution is 5.64. The molecule has 16 heavy (non-hydrogen) atoms. The number of rotatable bonds is 4. The molecule has 3 N–H and O–H groups in total. The average molecular weight is 220 g/mol. The summed E-state index contributed by atoms with van der Waals surface area (Å²) in [6.07, 6.45) is 0. The summed E-state index contributed by atoms with van der Waals surface area (Å²) in [5.41, 5.74) is 6.06. The normalized spacial score (nSPS) is 11.6. The standard InChI is InChI=1S/C10H12N4O2/c1-7(5-11)13-9-4-8(6-12)2-3-10(9)14(15)16/h2-4,7,13H,5,11H2,1H3. The van der Waals surface area contributed by atoms with E-state index in [1.807, 2.05) is 13.0 Å². The topological polar surface area (TPSA) is 105 Å². The van der Waals surface area contributed by atoms with Crippen molar-refractivity contribution in [2.75, 3.05) is 11.9 Å². The highest BCUT2D eigenvalue weighted by Crippen LogP contribution is 2.25.